The second kappa shape index (κ2) is 8.80. The van der Waals surface area contributed by atoms with Gasteiger partial charge >= 0.3 is 0 Å². The van der Waals surface area contributed by atoms with Gasteiger partial charge in [-0.15, -0.1) is 0 Å². The average Bonchev–Trinajstić information content (AvgIpc) is 2.71. The van der Waals surface area contributed by atoms with E-state index in [9.17, 15) is 9.59 Å². The molecule has 0 aromatic heterocycles. The van der Waals surface area contributed by atoms with Crippen LogP contribution in [-0.4, -0.2) is 29.9 Å². The minimum Gasteiger partial charge on any atom is -0.350 e. The van der Waals surface area contributed by atoms with Crippen LogP contribution in [0, 0.1) is 0 Å². The van der Waals surface area contributed by atoms with Crippen LogP contribution < -0.4 is 16.0 Å². The third kappa shape index (κ3) is 4.56. The minimum atomic E-state index is -0.465. The highest BCUT2D eigenvalue weighted by Crippen LogP contribution is 2.33. The number of rotatable bonds is 5. The van der Waals surface area contributed by atoms with Gasteiger partial charge < -0.3 is 16.0 Å². The molecule has 1 aliphatic carbocycles. The van der Waals surface area contributed by atoms with E-state index in [0.717, 1.165) is 34.7 Å². The largest absolute Gasteiger partial charge is 0.350 e. The molecular formula is C22H25N3O2S. The summed E-state index contributed by atoms with van der Waals surface area (Å²) in [5.41, 5.74) is 0.771. The molecule has 2 amide bonds. The summed E-state index contributed by atoms with van der Waals surface area (Å²) in [6.07, 6.45) is 4.54. The van der Waals surface area contributed by atoms with Gasteiger partial charge in [0.1, 0.15) is 0 Å². The van der Waals surface area contributed by atoms with Crippen LogP contribution >= 0.6 is 11.8 Å². The first-order valence-electron chi connectivity index (χ1n) is 9.87. The third-order valence-corrected chi connectivity index (χ3v) is 6.43. The lowest BCUT2D eigenvalue weighted by Gasteiger charge is -2.40. The summed E-state index contributed by atoms with van der Waals surface area (Å²) in [5.74, 6) is -0.215. The highest BCUT2D eigenvalue weighted by Gasteiger charge is 2.37. The SMILES string of the molecule is O=C(C[C@H]1N[C@H]2CCCC[C@H]2NC1=O)Nc1ccccc1Sc1ccccc1. The molecule has 2 aliphatic rings. The van der Waals surface area contributed by atoms with Crippen molar-refractivity contribution in [3.05, 3.63) is 54.6 Å². The first-order chi connectivity index (χ1) is 13.7. The molecule has 0 unspecified atom stereocenters. The second-order valence-electron chi connectivity index (χ2n) is 7.39. The molecule has 3 N–H and O–H groups in total. The van der Waals surface area contributed by atoms with Gasteiger partial charge in [0.2, 0.25) is 11.8 Å². The van der Waals surface area contributed by atoms with E-state index in [2.05, 4.69) is 16.0 Å². The Morgan fingerprint density at radius 3 is 2.54 bits per heavy atom. The van der Waals surface area contributed by atoms with Crippen LogP contribution in [0.2, 0.25) is 0 Å². The number of anilines is 1. The van der Waals surface area contributed by atoms with Crippen molar-refractivity contribution < 1.29 is 9.59 Å². The number of carbonyl (C=O) groups is 2. The highest BCUT2D eigenvalue weighted by molar-refractivity contribution is 7.99. The van der Waals surface area contributed by atoms with E-state index in [1.54, 1.807) is 11.8 Å². The quantitative estimate of drug-likeness (QED) is 0.724. The number of carbonyl (C=O) groups excluding carboxylic acids is 2. The predicted molar refractivity (Wildman–Crippen MR) is 111 cm³/mol. The smallest absolute Gasteiger partial charge is 0.237 e. The van der Waals surface area contributed by atoms with Gasteiger partial charge in [-0.05, 0) is 37.1 Å². The standard InChI is InChI=1S/C22H25N3O2S/c26-21(14-19-22(27)25-17-11-5-4-10-16(17)23-19)24-18-12-6-7-13-20(18)28-15-8-2-1-3-9-15/h1-3,6-9,12-13,16-17,19,23H,4-5,10-11,14H2,(H,24,26)(H,25,27)/t16-,17+,19+/m0/s1. The molecule has 146 valence electrons. The number of amides is 2. The molecule has 2 fully saturated rings. The van der Waals surface area contributed by atoms with Crippen LogP contribution in [0.1, 0.15) is 32.1 Å². The zero-order valence-electron chi connectivity index (χ0n) is 15.7. The van der Waals surface area contributed by atoms with Gasteiger partial charge in [-0.3, -0.25) is 9.59 Å². The average molecular weight is 396 g/mol. The Hall–Kier alpha value is -2.31. The van der Waals surface area contributed by atoms with E-state index in [0.29, 0.717) is 0 Å². The summed E-state index contributed by atoms with van der Waals surface area (Å²) in [7, 11) is 0. The Kier molecular flexibility index (Phi) is 5.98. The maximum atomic E-state index is 12.7. The summed E-state index contributed by atoms with van der Waals surface area (Å²) in [4.78, 5) is 27.1. The first-order valence-corrected chi connectivity index (χ1v) is 10.7. The fraction of sp³-hybridized carbons (Fsp3) is 0.364. The van der Waals surface area contributed by atoms with Crippen molar-refractivity contribution in [3.8, 4) is 0 Å². The molecule has 4 rings (SSSR count). The predicted octanol–water partition coefficient (Wildman–Crippen LogP) is 3.57. The normalized spacial score (nSPS) is 24.1. The fourth-order valence-electron chi connectivity index (χ4n) is 3.93. The molecule has 0 radical (unpaired) electrons. The number of hydrogen-bond acceptors (Lipinski definition) is 4. The Balaban J connectivity index is 1.39. The molecule has 3 atom stereocenters. The molecule has 1 heterocycles. The van der Waals surface area contributed by atoms with Crippen LogP contribution in [0.5, 0.6) is 0 Å². The van der Waals surface area contributed by atoms with Gasteiger partial charge in [-0.25, -0.2) is 0 Å². The lowest BCUT2D eigenvalue weighted by atomic mass is 9.87. The van der Waals surface area contributed by atoms with Crippen molar-refractivity contribution in [2.75, 3.05) is 5.32 Å². The van der Waals surface area contributed by atoms with Gasteiger partial charge in [0.15, 0.2) is 0 Å². The summed E-state index contributed by atoms with van der Waals surface area (Å²) in [6.45, 7) is 0. The minimum absolute atomic E-state index is 0.0646. The molecule has 28 heavy (non-hydrogen) atoms. The zero-order valence-corrected chi connectivity index (χ0v) is 16.5. The lowest BCUT2D eigenvalue weighted by molar-refractivity contribution is -0.129. The molecule has 6 heteroatoms. The van der Waals surface area contributed by atoms with Crippen LogP contribution in [0.15, 0.2) is 64.4 Å². The monoisotopic (exact) mass is 395 g/mol. The molecule has 1 saturated carbocycles. The Labute approximate surface area is 169 Å². The van der Waals surface area contributed by atoms with Crippen LogP contribution in [0.4, 0.5) is 5.69 Å². The summed E-state index contributed by atoms with van der Waals surface area (Å²) in [5, 5.41) is 9.49. The summed E-state index contributed by atoms with van der Waals surface area (Å²) in [6, 6.07) is 17.8. The van der Waals surface area contributed by atoms with Crippen molar-refractivity contribution >= 4 is 29.3 Å². The number of benzene rings is 2. The maximum absolute atomic E-state index is 12.7. The van der Waals surface area contributed by atoms with Crippen molar-refractivity contribution in [2.24, 2.45) is 0 Å². The zero-order chi connectivity index (χ0) is 19.3. The maximum Gasteiger partial charge on any atom is 0.237 e. The van der Waals surface area contributed by atoms with E-state index >= 15 is 0 Å². The number of hydrogen-bond donors (Lipinski definition) is 3. The lowest BCUT2D eigenvalue weighted by Crippen LogP contribution is -2.65. The number of fused-ring (bicyclic) bond motifs is 1. The Bertz CT molecular complexity index is 843. The van der Waals surface area contributed by atoms with E-state index in [4.69, 9.17) is 0 Å². The second-order valence-corrected chi connectivity index (χ2v) is 8.50. The van der Waals surface area contributed by atoms with Crippen molar-refractivity contribution in [3.63, 3.8) is 0 Å². The van der Waals surface area contributed by atoms with Gasteiger partial charge in [0, 0.05) is 21.9 Å². The van der Waals surface area contributed by atoms with E-state index in [1.807, 2.05) is 54.6 Å². The first kappa shape index (κ1) is 19.0. The van der Waals surface area contributed by atoms with Crippen LogP contribution in [0.3, 0.4) is 0 Å². The highest BCUT2D eigenvalue weighted by atomic mass is 32.2. The molecular weight excluding hydrogens is 370 g/mol. The molecule has 1 aliphatic heterocycles. The van der Waals surface area contributed by atoms with Crippen LogP contribution in [0.25, 0.3) is 0 Å². The van der Waals surface area contributed by atoms with Gasteiger partial charge in [-0.2, -0.15) is 0 Å². The topological polar surface area (TPSA) is 70.2 Å². The van der Waals surface area contributed by atoms with Gasteiger partial charge in [0.25, 0.3) is 0 Å². The number of para-hydroxylation sites is 1. The molecule has 0 bridgehead atoms. The molecule has 2 aromatic rings. The molecule has 1 saturated heterocycles. The van der Waals surface area contributed by atoms with Crippen molar-refractivity contribution in [1.82, 2.24) is 10.6 Å². The fourth-order valence-corrected chi connectivity index (χ4v) is 4.86. The third-order valence-electron chi connectivity index (χ3n) is 5.35. The number of nitrogens with one attached hydrogen (secondary N) is 3. The van der Waals surface area contributed by atoms with E-state index in [-0.39, 0.29) is 30.3 Å². The Morgan fingerprint density at radius 2 is 1.71 bits per heavy atom. The summed E-state index contributed by atoms with van der Waals surface area (Å²) >= 11 is 1.61. The van der Waals surface area contributed by atoms with E-state index < -0.39 is 6.04 Å². The van der Waals surface area contributed by atoms with Gasteiger partial charge in [-0.1, -0.05) is 54.9 Å². The van der Waals surface area contributed by atoms with E-state index in [1.165, 1.54) is 6.42 Å². The summed E-state index contributed by atoms with van der Waals surface area (Å²) < 4.78 is 0. The van der Waals surface area contributed by atoms with Crippen molar-refractivity contribution in [1.29, 1.82) is 0 Å². The number of piperazine rings is 1. The van der Waals surface area contributed by atoms with Crippen LogP contribution in [-0.2, 0) is 9.59 Å². The molecule has 0 spiro atoms. The Morgan fingerprint density at radius 1 is 1.00 bits per heavy atom. The van der Waals surface area contributed by atoms with Gasteiger partial charge in [0.05, 0.1) is 18.2 Å². The molecule has 5 nitrogen and oxygen atoms in total. The van der Waals surface area contributed by atoms with Crippen molar-refractivity contribution in [2.45, 2.75) is 60.0 Å². The molecule has 2 aromatic carbocycles.